The van der Waals surface area contributed by atoms with Crippen LogP contribution in [0.2, 0.25) is 5.02 Å². The second-order valence-electron chi connectivity index (χ2n) is 4.27. The van der Waals surface area contributed by atoms with Crippen molar-refractivity contribution >= 4 is 35.1 Å². The second-order valence-corrected chi connectivity index (χ2v) is 5.93. The first-order chi connectivity index (χ1) is 8.99. The Labute approximate surface area is 123 Å². The van der Waals surface area contributed by atoms with E-state index in [1.807, 2.05) is 0 Å². The van der Waals surface area contributed by atoms with Crippen LogP contribution in [0.25, 0.3) is 0 Å². The summed E-state index contributed by atoms with van der Waals surface area (Å²) in [5, 5.41) is 12.4. The van der Waals surface area contributed by atoms with Crippen LogP contribution >= 0.6 is 23.4 Å². The lowest BCUT2D eigenvalue weighted by Crippen LogP contribution is -2.32. The number of carbonyl (C=O) groups is 1. The Morgan fingerprint density at radius 1 is 1.53 bits per heavy atom. The van der Waals surface area contributed by atoms with Crippen LogP contribution in [-0.4, -0.2) is 33.6 Å². The summed E-state index contributed by atoms with van der Waals surface area (Å²) in [4.78, 5) is 15.1. The third-order valence-electron chi connectivity index (χ3n) is 3.42. The number of nitrogens with zero attached hydrogens (tertiary/aromatic N) is 1. The Morgan fingerprint density at radius 3 is 2.63 bits per heavy atom. The minimum atomic E-state index is -1.04. The Hall–Kier alpha value is -0.940. The number of nitrogens with one attached hydrogen (secondary N) is 1. The van der Waals surface area contributed by atoms with Crippen LogP contribution in [0.1, 0.15) is 37.0 Å². The van der Waals surface area contributed by atoms with Gasteiger partial charge in [0.25, 0.3) is 0 Å². The molecule has 6 heteroatoms. The number of anilines is 1. The summed E-state index contributed by atoms with van der Waals surface area (Å²) in [5.74, 6) is -0.612. The Balaban J connectivity index is 2.89. The van der Waals surface area contributed by atoms with Crippen molar-refractivity contribution < 1.29 is 9.90 Å². The van der Waals surface area contributed by atoms with Crippen molar-refractivity contribution in [3.63, 3.8) is 0 Å². The molecule has 0 atom stereocenters. The second kappa shape index (κ2) is 7.01. The number of carboxylic acid groups (broad SMARTS) is 1. The Bertz CT molecular complexity index is 442. The predicted molar refractivity (Wildman–Crippen MR) is 81.5 cm³/mol. The van der Waals surface area contributed by atoms with Gasteiger partial charge in [-0.15, -0.1) is 0 Å². The number of hydrogen-bond acceptors (Lipinski definition) is 4. The van der Waals surface area contributed by atoms with Gasteiger partial charge >= 0.3 is 5.97 Å². The van der Waals surface area contributed by atoms with Gasteiger partial charge in [-0.05, 0) is 25.2 Å². The molecular weight excluding hydrogens is 284 g/mol. The zero-order valence-electron chi connectivity index (χ0n) is 11.4. The quantitative estimate of drug-likeness (QED) is 0.803. The Morgan fingerprint density at radius 2 is 2.16 bits per heavy atom. The average Bonchev–Trinajstić information content (AvgIpc) is 2.42. The number of pyridine rings is 1. The fourth-order valence-electron chi connectivity index (χ4n) is 1.84. The SMILES string of the molecule is CCC(CC)(CNc1nccc(C(=O)O)c1Cl)SC. The lowest BCUT2D eigenvalue weighted by Gasteiger charge is -2.30. The summed E-state index contributed by atoms with van der Waals surface area (Å²) in [6.45, 7) is 4.99. The highest BCUT2D eigenvalue weighted by Gasteiger charge is 2.25. The molecule has 0 aliphatic heterocycles. The third-order valence-corrected chi connectivity index (χ3v) is 5.39. The van der Waals surface area contributed by atoms with Gasteiger partial charge in [0.2, 0.25) is 0 Å². The molecule has 1 heterocycles. The monoisotopic (exact) mass is 302 g/mol. The van der Waals surface area contributed by atoms with Crippen LogP contribution in [0, 0.1) is 0 Å². The molecule has 1 aromatic rings. The topological polar surface area (TPSA) is 62.2 Å². The van der Waals surface area contributed by atoms with Gasteiger partial charge in [-0.1, -0.05) is 25.4 Å². The molecule has 4 nitrogen and oxygen atoms in total. The molecule has 19 heavy (non-hydrogen) atoms. The first-order valence-electron chi connectivity index (χ1n) is 6.16. The number of halogens is 1. The molecule has 106 valence electrons. The number of thioether (sulfide) groups is 1. The number of aromatic carboxylic acids is 1. The summed E-state index contributed by atoms with van der Waals surface area (Å²) in [5.41, 5.74) is 0.0712. The molecule has 0 aliphatic rings. The lowest BCUT2D eigenvalue weighted by molar-refractivity contribution is 0.0697. The smallest absolute Gasteiger partial charge is 0.337 e. The van der Waals surface area contributed by atoms with E-state index in [0.717, 1.165) is 12.8 Å². The molecular formula is C13H19ClN2O2S. The highest BCUT2D eigenvalue weighted by Crippen LogP contribution is 2.32. The molecule has 0 saturated carbocycles. The predicted octanol–water partition coefficient (Wildman–Crippen LogP) is 3.77. The summed E-state index contributed by atoms with van der Waals surface area (Å²) in [6, 6.07) is 1.40. The Kier molecular flexibility index (Phi) is 5.94. The van der Waals surface area contributed by atoms with Crippen LogP contribution in [-0.2, 0) is 0 Å². The van der Waals surface area contributed by atoms with Crippen LogP contribution < -0.4 is 5.32 Å². The molecule has 2 N–H and O–H groups in total. The van der Waals surface area contributed by atoms with Gasteiger partial charge < -0.3 is 10.4 Å². The van der Waals surface area contributed by atoms with E-state index < -0.39 is 5.97 Å². The standard InChI is InChI=1S/C13H19ClN2O2S/c1-4-13(5-2,19-3)8-16-11-10(14)9(12(17)18)6-7-15-11/h6-7H,4-5,8H2,1-3H3,(H,15,16)(H,17,18). The average molecular weight is 303 g/mol. The van der Waals surface area contributed by atoms with E-state index in [9.17, 15) is 4.79 Å². The summed E-state index contributed by atoms with van der Waals surface area (Å²) < 4.78 is 0.115. The summed E-state index contributed by atoms with van der Waals surface area (Å²) in [7, 11) is 0. The van der Waals surface area contributed by atoms with Crippen molar-refractivity contribution in [1.29, 1.82) is 0 Å². The maximum absolute atomic E-state index is 11.0. The van der Waals surface area contributed by atoms with Gasteiger partial charge in [-0.2, -0.15) is 11.8 Å². The molecule has 1 aromatic heterocycles. The molecule has 0 unspecified atom stereocenters. The molecule has 0 saturated heterocycles. The van der Waals surface area contributed by atoms with E-state index >= 15 is 0 Å². The van der Waals surface area contributed by atoms with Gasteiger partial charge in [-0.3, -0.25) is 0 Å². The number of rotatable bonds is 7. The highest BCUT2D eigenvalue weighted by atomic mass is 35.5. The van der Waals surface area contributed by atoms with Crippen molar-refractivity contribution in [3.05, 3.63) is 22.8 Å². The van der Waals surface area contributed by atoms with Gasteiger partial charge in [-0.25, -0.2) is 9.78 Å². The van der Waals surface area contributed by atoms with E-state index in [1.54, 1.807) is 11.8 Å². The molecule has 0 aromatic carbocycles. The molecule has 0 fully saturated rings. The van der Waals surface area contributed by atoms with E-state index in [4.69, 9.17) is 16.7 Å². The normalized spacial score (nSPS) is 11.4. The zero-order chi connectivity index (χ0) is 14.5. The molecule has 0 spiro atoms. The van der Waals surface area contributed by atoms with Crippen LogP contribution in [0.5, 0.6) is 0 Å². The van der Waals surface area contributed by atoms with Crippen molar-refractivity contribution in [2.24, 2.45) is 0 Å². The van der Waals surface area contributed by atoms with Crippen LogP contribution in [0.4, 0.5) is 5.82 Å². The van der Waals surface area contributed by atoms with Crippen molar-refractivity contribution in [2.45, 2.75) is 31.4 Å². The summed E-state index contributed by atoms with van der Waals surface area (Å²) in [6.07, 6.45) is 5.58. The zero-order valence-corrected chi connectivity index (χ0v) is 12.9. The summed E-state index contributed by atoms with van der Waals surface area (Å²) >= 11 is 7.85. The minimum absolute atomic E-state index is 0.0712. The van der Waals surface area contributed by atoms with Crippen molar-refractivity contribution in [1.82, 2.24) is 4.98 Å². The van der Waals surface area contributed by atoms with E-state index in [0.29, 0.717) is 12.4 Å². The number of aromatic nitrogens is 1. The molecule has 0 amide bonds. The number of hydrogen-bond donors (Lipinski definition) is 2. The highest BCUT2D eigenvalue weighted by molar-refractivity contribution is 8.00. The van der Waals surface area contributed by atoms with Gasteiger partial charge in [0.1, 0.15) is 5.82 Å². The lowest BCUT2D eigenvalue weighted by atomic mass is 10.0. The van der Waals surface area contributed by atoms with E-state index in [1.165, 1.54) is 12.3 Å². The third kappa shape index (κ3) is 3.76. The first kappa shape index (κ1) is 16.1. The largest absolute Gasteiger partial charge is 0.478 e. The fourth-order valence-corrected chi connectivity index (χ4v) is 2.89. The van der Waals surface area contributed by atoms with Crippen LogP contribution in [0.15, 0.2) is 12.3 Å². The van der Waals surface area contributed by atoms with E-state index in [2.05, 4.69) is 30.4 Å². The molecule has 0 bridgehead atoms. The van der Waals surface area contributed by atoms with E-state index in [-0.39, 0.29) is 15.3 Å². The maximum atomic E-state index is 11.0. The fraction of sp³-hybridized carbons (Fsp3) is 0.538. The maximum Gasteiger partial charge on any atom is 0.337 e. The van der Waals surface area contributed by atoms with Gasteiger partial charge in [0, 0.05) is 17.5 Å². The van der Waals surface area contributed by atoms with Crippen molar-refractivity contribution in [3.8, 4) is 0 Å². The molecule has 1 rings (SSSR count). The minimum Gasteiger partial charge on any atom is -0.478 e. The van der Waals surface area contributed by atoms with Gasteiger partial charge in [0.15, 0.2) is 0 Å². The van der Waals surface area contributed by atoms with Gasteiger partial charge in [0.05, 0.1) is 10.6 Å². The van der Waals surface area contributed by atoms with Crippen molar-refractivity contribution in [2.75, 3.05) is 18.1 Å². The first-order valence-corrected chi connectivity index (χ1v) is 7.76. The van der Waals surface area contributed by atoms with Crippen LogP contribution in [0.3, 0.4) is 0 Å². The molecule has 0 radical (unpaired) electrons. The number of carboxylic acids is 1. The molecule has 0 aliphatic carbocycles.